The molecule has 0 saturated heterocycles. The molecule has 0 spiro atoms. The predicted octanol–water partition coefficient (Wildman–Crippen LogP) is 6.83. The van der Waals surface area contributed by atoms with E-state index in [-0.39, 0.29) is 16.6 Å². The van der Waals surface area contributed by atoms with Gasteiger partial charge >= 0.3 is 0 Å². The Labute approximate surface area is 208 Å². The molecule has 5 nitrogen and oxygen atoms in total. The summed E-state index contributed by atoms with van der Waals surface area (Å²) in [5.74, 6) is 1.54. The Hall–Kier alpha value is -4.77. The van der Waals surface area contributed by atoms with Crippen LogP contribution in [0.1, 0.15) is 22.5 Å². The fourth-order valence-electron chi connectivity index (χ4n) is 3.80. The molecule has 5 aromatic rings. The summed E-state index contributed by atoms with van der Waals surface area (Å²) in [5, 5.41) is 10.1. The number of rotatable bonds is 8. The highest BCUT2D eigenvalue weighted by molar-refractivity contribution is 5.84. The van der Waals surface area contributed by atoms with Crippen molar-refractivity contribution in [3.8, 4) is 17.2 Å². The van der Waals surface area contributed by atoms with Crippen molar-refractivity contribution in [2.45, 2.75) is 13.2 Å². The number of ether oxygens (including phenoxy) is 2. The molecule has 5 heteroatoms. The molecule has 0 amide bonds. The van der Waals surface area contributed by atoms with Gasteiger partial charge in [-0.3, -0.25) is 4.79 Å². The SMILES string of the molecule is O=c1cc(/C=C/c2ccc(OCc3ccccc3)c(OCc3ccccc3)c2)oc2cccc(O)c12. The third-order valence-corrected chi connectivity index (χ3v) is 5.63. The van der Waals surface area contributed by atoms with Crippen molar-refractivity contribution in [1.29, 1.82) is 0 Å². The second-order valence-corrected chi connectivity index (χ2v) is 8.25. The van der Waals surface area contributed by atoms with Crippen LogP contribution in [0, 0.1) is 0 Å². The number of fused-ring (bicyclic) bond motifs is 1. The van der Waals surface area contributed by atoms with Gasteiger partial charge in [-0.1, -0.05) is 78.9 Å². The molecule has 5 rings (SSSR count). The summed E-state index contributed by atoms with van der Waals surface area (Å²) in [6.07, 6.45) is 3.55. The number of benzene rings is 4. The second-order valence-electron chi connectivity index (χ2n) is 8.25. The second kappa shape index (κ2) is 10.7. The first-order chi connectivity index (χ1) is 17.7. The van der Waals surface area contributed by atoms with Gasteiger partial charge in [0.25, 0.3) is 0 Å². The van der Waals surface area contributed by atoms with Crippen LogP contribution < -0.4 is 14.9 Å². The zero-order valence-corrected chi connectivity index (χ0v) is 19.5. The fraction of sp³-hybridized carbons (Fsp3) is 0.0645. The van der Waals surface area contributed by atoms with E-state index in [1.165, 1.54) is 12.1 Å². The van der Waals surface area contributed by atoms with Crippen LogP contribution in [0.5, 0.6) is 17.2 Å². The van der Waals surface area contributed by atoms with Gasteiger partial charge < -0.3 is 19.0 Å². The average Bonchev–Trinajstić information content (AvgIpc) is 2.91. The van der Waals surface area contributed by atoms with Gasteiger partial charge in [-0.05, 0) is 47.0 Å². The number of hydrogen-bond donors (Lipinski definition) is 1. The molecule has 0 atom stereocenters. The first-order valence-corrected chi connectivity index (χ1v) is 11.6. The molecule has 36 heavy (non-hydrogen) atoms. The van der Waals surface area contributed by atoms with E-state index in [2.05, 4.69) is 0 Å². The molecule has 0 unspecified atom stereocenters. The molecule has 1 heterocycles. The van der Waals surface area contributed by atoms with E-state index < -0.39 is 0 Å². The molecule has 0 aliphatic rings. The molecule has 1 N–H and O–H groups in total. The van der Waals surface area contributed by atoms with Crippen molar-refractivity contribution in [3.05, 3.63) is 136 Å². The lowest BCUT2D eigenvalue weighted by molar-refractivity contribution is 0.256. The highest BCUT2D eigenvalue weighted by atomic mass is 16.5. The lowest BCUT2D eigenvalue weighted by Gasteiger charge is -2.14. The van der Waals surface area contributed by atoms with Crippen LogP contribution in [0.3, 0.4) is 0 Å². The first kappa shape index (κ1) is 23.0. The Morgan fingerprint density at radius 3 is 2.06 bits per heavy atom. The monoisotopic (exact) mass is 476 g/mol. The van der Waals surface area contributed by atoms with Gasteiger partial charge in [-0.15, -0.1) is 0 Å². The normalized spacial score (nSPS) is 11.1. The summed E-state index contributed by atoms with van der Waals surface area (Å²) >= 11 is 0. The summed E-state index contributed by atoms with van der Waals surface area (Å²) in [6.45, 7) is 0.825. The quantitative estimate of drug-likeness (QED) is 0.266. The fourth-order valence-corrected chi connectivity index (χ4v) is 3.80. The van der Waals surface area contributed by atoms with E-state index in [1.54, 1.807) is 18.2 Å². The summed E-state index contributed by atoms with van der Waals surface area (Å²) in [7, 11) is 0. The predicted molar refractivity (Wildman–Crippen MR) is 141 cm³/mol. The minimum atomic E-state index is -0.300. The van der Waals surface area contributed by atoms with Crippen molar-refractivity contribution in [3.63, 3.8) is 0 Å². The van der Waals surface area contributed by atoms with Gasteiger partial charge in [-0.25, -0.2) is 0 Å². The van der Waals surface area contributed by atoms with Crippen LogP contribution in [0.15, 0.2) is 112 Å². The number of phenols is 1. The maximum absolute atomic E-state index is 12.4. The van der Waals surface area contributed by atoms with Crippen molar-refractivity contribution < 1.29 is 19.0 Å². The van der Waals surface area contributed by atoms with E-state index in [0.717, 1.165) is 16.7 Å². The first-order valence-electron chi connectivity index (χ1n) is 11.6. The van der Waals surface area contributed by atoms with Gasteiger partial charge in [0.2, 0.25) is 0 Å². The molecule has 0 fully saturated rings. The lowest BCUT2D eigenvalue weighted by atomic mass is 10.1. The minimum Gasteiger partial charge on any atom is -0.507 e. The molecule has 0 radical (unpaired) electrons. The standard InChI is InChI=1S/C31H24O5/c32-26-12-7-13-29-31(26)27(33)19-25(36-29)16-14-22-15-17-28(34-20-23-8-3-1-4-9-23)30(18-22)35-21-24-10-5-2-6-11-24/h1-19,32H,20-21H2/b16-14+. The summed E-state index contributed by atoms with van der Waals surface area (Å²) < 4.78 is 18.0. The largest absolute Gasteiger partial charge is 0.507 e. The molecule has 0 aliphatic heterocycles. The van der Waals surface area contributed by atoms with Crippen molar-refractivity contribution in [2.24, 2.45) is 0 Å². The van der Waals surface area contributed by atoms with E-state index in [4.69, 9.17) is 13.9 Å². The maximum Gasteiger partial charge on any atom is 0.197 e. The van der Waals surface area contributed by atoms with Crippen molar-refractivity contribution in [2.75, 3.05) is 0 Å². The molecule has 178 valence electrons. The molecule has 0 saturated carbocycles. The Balaban J connectivity index is 1.40. The summed E-state index contributed by atoms with van der Waals surface area (Å²) in [4.78, 5) is 12.4. The van der Waals surface area contributed by atoms with E-state index in [9.17, 15) is 9.90 Å². The number of phenolic OH excluding ortho intramolecular Hbond substituents is 1. The van der Waals surface area contributed by atoms with Gasteiger partial charge in [0.1, 0.15) is 35.7 Å². The maximum atomic E-state index is 12.4. The lowest BCUT2D eigenvalue weighted by Crippen LogP contribution is -2.01. The average molecular weight is 477 g/mol. The third kappa shape index (κ3) is 5.47. The topological polar surface area (TPSA) is 68.9 Å². The van der Waals surface area contributed by atoms with Crippen molar-refractivity contribution in [1.82, 2.24) is 0 Å². The summed E-state index contributed by atoms with van der Waals surface area (Å²) in [6, 6.07) is 31.7. The van der Waals surface area contributed by atoms with Gasteiger partial charge in [-0.2, -0.15) is 0 Å². The van der Waals surface area contributed by atoms with E-state index in [1.807, 2.05) is 84.9 Å². The van der Waals surface area contributed by atoms with Crippen molar-refractivity contribution >= 4 is 23.1 Å². The summed E-state index contributed by atoms with van der Waals surface area (Å²) in [5.41, 5.74) is 2.99. The van der Waals surface area contributed by atoms with Crippen LogP contribution in [0.25, 0.3) is 23.1 Å². The van der Waals surface area contributed by atoms with Crippen LogP contribution in [0.2, 0.25) is 0 Å². The third-order valence-electron chi connectivity index (χ3n) is 5.63. The zero-order chi connectivity index (χ0) is 24.7. The highest BCUT2D eigenvalue weighted by Crippen LogP contribution is 2.31. The van der Waals surface area contributed by atoms with E-state index >= 15 is 0 Å². The van der Waals surface area contributed by atoms with E-state index in [0.29, 0.717) is 36.1 Å². The molecule has 1 aromatic heterocycles. The molecule has 0 bridgehead atoms. The minimum absolute atomic E-state index is 0.0944. The van der Waals surface area contributed by atoms with Crippen LogP contribution in [0.4, 0.5) is 0 Å². The van der Waals surface area contributed by atoms with Crippen LogP contribution >= 0.6 is 0 Å². The molecular weight excluding hydrogens is 452 g/mol. The molecule has 0 aliphatic carbocycles. The van der Waals surface area contributed by atoms with Crippen LogP contribution in [-0.2, 0) is 13.2 Å². The highest BCUT2D eigenvalue weighted by Gasteiger charge is 2.09. The van der Waals surface area contributed by atoms with Gasteiger partial charge in [0, 0.05) is 6.07 Å². The van der Waals surface area contributed by atoms with Crippen LogP contribution in [-0.4, -0.2) is 5.11 Å². The number of hydrogen-bond acceptors (Lipinski definition) is 5. The molecular formula is C31H24O5. The Morgan fingerprint density at radius 1 is 0.694 bits per heavy atom. The number of aromatic hydroxyl groups is 1. The zero-order valence-electron chi connectivity index (χ0n) is 19.5. The van der Waals surface area contributed by atoms with Gasteiger partial charge in [0.15, 0.2) is 16.9 Å². The van der Waals surface area contributed by atoms with Gasteiger partial charge in [0.05, 0.1) is 0 Å². The Bertz CT molecular complexity index is 1550. The molecule has 4 aromatic carbocycles. The Kier molecular flexibility index (Phi) is 6.81. The Morgan fingerprint density at radius 2 is 1.36 bits per heavy atom. The smallest absolute Gasteiger partial charge is 0.197 e.